The first-order chi connectivity index (χ1) is 36.5. The molecule has 0 bridgehead atoms. The highest BCUT2D eigenvalue weighted by Crippen LogP contribution is 2.16. The molecule has 0 aliphatic carbocycles. The molecule has 0 aromatic heterocycles. The van der Waals surface area contributed by atoms with Gasteiger partial charge < -0.3 is 14.2 Å². The van der Waals surface area contributed by atoms with E-state index in [0.29, 0.717) is 32.1 Å². The molecule has 0 heterocycles. The van der Waals surface area contributed by atoms with E-state index in [9.17, 15) is 14.4 Å². The molecular weight excluding hydrogens is 913 g/mol. The van der Waals surface area contributed by atoms with Crippen LogP contribution in [0.3, 0.4) is 0 Å². The van der Waals surface area contributed by atoms with Crippen molar-refractivity contribution >= 4 is 17.9 Å². The second-order valence-corrected chi connectivity index (χ2v) is 19.9. The summed E-state index contributed by atoms with van der Waals surface area (Å²) in [5.41, 5.74) is 0. The van der Waals surface area contributed by atoms with Gasteiger partial charge in [-0.1, -0.05) is 264 Å². The van der Waals surface area contributed by atoms with Gasteiger partial charge in [0.15, 0.2) is 6.10 Å². The van der Waals surface area contributed by atoms with Gasteiger partial charge in [-0.05, 0) is 109 Å². The minimum atomic E-state index is -0.816. The van der Waals surface area contributed by atoms with Crippen molar-refractivity contribution in [3.8, 4) is 0 Å². The van der Waals surface area contributed by atoms with Gasteiger partial charge in [0.1, 0.15) is 13.2 Å². The highest BCUT2D eigenvalue weighted by atomic mass is 16.6. The van der Waals surface area contributed by atoms with Crippen molar-refractivity contribution in [2.24, 2.45) is 0 Å². The molecule has 1 atom stereocenters. The van der Waals surface area contributed by atoms with Crippen LogP contribution in [0.1, 0.15) is 271 Å². The Hall–Kier alpha value is -4.19. The number of esters is 3. The highest BCUT2D eigenvalue weighted by molar-refractivity contribution is 5.71. The average molecular weight is 1030 g/mol. The van der Waals surface area contributed by atoms with Gasteiger partial charge in [-0.15, -0.1) is 0 Å². The SMILES string of the molecule is CC/C=C\C/C=C\C/C=C\C/C=C\C/C=C\C/C=C\CCCCC(=O)OCC(COC(=O)CCCC/C=C\C/C=C\C/C=C\C/C=C\CC)OC(=O)CCCCCCCCCCCCCCCCCCCCCC. The fourth-order valence-corrected chi connectivity index (χ4v) is 8.20. The molecule has 0 spiro atoms. The van der Waals surface area contributed by atoms with Crippen molar-refractivity contribution in [2.75, 3.05) is 13.2 Å². The van der Waals surface area contributed by atoms with Crippen LogP contribution in [0, 0.1) is 0 Å². The molecular formula is C68H112O6. The Bertz CT molecular complexity index is 1550. The standard InChI is InChI=1S/C68H112O6/c1-4-7-10-13-16-19-22-25-28-30-32-34-36-37-40-43-46-49-52-55-58-61-67(70)73-64-65(63-72-66(69)60-57-54-51-48-45-42-39-27-24-21-18-15-12-9-6-3)74-68(71)62-59-56-53-50-47-44-41-38-35-33-31-29-26-23-20-17-14-11-8-5-2/h7,9-10,12,16,18-19,21,25,27-28,32,34,37,39-40,45-46,48-49,65H,4-6,8,11,13-15,17,20,22-24,26,29-31,33,35-36,38,41-44,47,50-64H2,1-3H3/b10-7-,12-9-,19-16-,21-18-,28-25-,34-32-,39-27-,40-37-,48-45-,49-46-. The third kappa shape index (κ3) is 58.7. The van der Waals surface area contributed by atoms with Crippen LogP contribution in [0.5, 0.6) is 0 Å². The highest BCUT2D eigenvalue weighted by Gasteiger charge is 2.19. The predicted molar refractivity (Wildman–Crippen MR) is 320 cm³/mol. The predicted octanol–water partition coefficient (Wildman–Crippen LogP) is 20.8. The number of hydrogen-bond acceptors (Lipinski definition) is 6. The van der Waals surface area contributed by atoms with Crippen LogP contribution < -0.4 is 0 Å². The van der Waals surface area contributed by atoms with E-state index in [4.69, 9.17) is 14.2 Å². The number of allylic oxidation sites excluding steroid dienone is 20. The van der Waals surface area contributed by atoms with E-state index >= 15 is 0 Å². The van der Waals surface area contributed by atoms with Crippen LogP contribution in [0.2, 0.25) is 0 Å². The topological polar surface area (TPSA) is 78.9 Å². The molecule has 0 radical (unpaired) electrons. The number of ether oxygens (including phenoxy) is 3. The molecule has 1 unspecified atom stereocenters. The number of rotatable bonds is 54. The number of unbranched alkanes of at least 4 members (excludes halogenated alkanes) is 23. The minimum Gasteiger partial charge on any atom is -0.462 e. The van der Waals surface area contributed by atoms with Gasteiger partial charge in [0.25, 0.3) is 0 Å². The van der Waals surface area contributed by atoms with Gasteiger partial charge in [0, 0.05) is 19.3 Å². The third-order valence-corrected chi connectivity index (χ3v) is 12.7. The van der Waals surface area contributed by atoms with Crippen molar-refractivity contribution in [1.29, 1.82) is 0 Å². The molecule has 0 fully saturated rings. The fraction of sp³-hybridized carbons (Fsp3) is 0.662. The molecule has 420 valence electrons. The number of hydrogen-bond donors (Lipinski definition) is 0. The van der Waals surface area contributed by atoms with Crippen molar-refractivity contribution in [2.45, 2.75) is 277 Å². The van der Waals surface area contributed by atoms with Crippen molar-refractivity contribution in [3.05, 3.63) is 122 Å². The van der Waals surface area contributed by atoms with Gasteiger partial charge in [-0.3, -0.25) is 14.4 Å². The molecule has 0 rings (SSSR count). The summed E-state index contributed by atoms with van der Waals surface area (Å²) in [6.45, 7) is 6.36. The summed E-state index contributed by atoms with van der Waals surface area (Å²) in [7, 11) is 0. The number of carbonyl (C=O) groups is 3. The third-order valence-electron chi connectivity index (χ3n) is 12.7. The van der Waals surface area contributed by atoms with E-state index in [1.807, 2.05) is 0 Å². The van der Waals surface area contributed by atoms with Gasteiger partial charge >= 0.3 is 17.9 Å². The Kier molecular flexibility index (Phi) is 57.9. The zero-order chi connectivity index (χ0) is 53.6. The van der Waals surface area contributed by atoms with Crippen LogP contribution in [0.4, 0.5) is 0 Å². The normalized spacial score (nSPS) is 13.0. The van der Waals surface area contributed by atoms with Crippen LogP contribution in [0.25, 0.3) is 0 Å². The first-order valence-electron chi connectivity index (χ1n) is 30.5. The summed E-state index contributed by atoms with van der Waals surface area (Å²) in [4.78, 5) is 38.2. The van der Waals surface area contributed by atoms with Crippen LogP contribution in [0.15, 0.2) is 122 Å². The minimum absolute atomic E-state index is 0.114. The van der Waals surface area contributed by atoms with E-state index in [0.717, 1.165) is 109 Å². The maximum atomic E-state index is 12.9. The van der Waals surface area contributed by atoms with Gasteiger partial charge in [-0.2, -0.15) is 0 Å². The Morgan fingerprint density at radius 3 is 0.824 bits per heavy atom. The van der Waals surface area contributed by atoms with Crippen molar-refractivity contribution in [3.63, 3.8) is 0 Å². The molecule has 0 aliphatic heterocycles. The van der Waals surface area contributed by atoms with Crippen LogP contribution >= 0.6 is 0 Å². The van der Waals surface area contributed by atoms with Gasteiger partial charge in [0.2, 0.25) is 0 Å². The molecule has 0 saturated heterocycles. The summed E-state index contributed by atoms with van der Waals surface area (Å²) in [5, 5.41) is 0. The van der Waals surface area contributed by atoms with E-state index in [1.165, 1.54) is 109 Å². The van der Waals surface area contributed by atoms with Gasteiger partial charge in [-0.25, -0.2) is 0 Å². The maximum absolute atomic E-state index is 12.9. The summed E-state index contributed by atoms with van der Waals surface area (Å²) >= 11 is 0. The zero-order valence-corrected chi connectivity index (χ0v) is 48.1. The van der Waals surface area contributed by atoms with Gasteiger partial charge in [0.05, 0.1) is 0 Å². The zero-order valence-electron chi connectivity index (χ0n) is 48.1. The molecule has 74 heavy (non-hydrogen) atoms. The smallest absolute Gasteiger partial charge is 0.306 e. The lowest BCUT2D eigenvalue weighted by molar-refractivity contribution is -0.167. The van der Waals surface area contributed by atoms with E-state index in [-0.39, 0.29) is 31.1 Å². The van der Waals surface area contributed by atoms with E-state index < -0.39 is 6.10 Å². The second-order valence-electron chi connectivity index (χ2n) is 19.9. The largest absolute Gasteiger partial charge is 0.462 e. The van der Waals surface area contributed by atoms with Crippen molar-refractivity contribution in [1.82, 2.24) is 0 Å². The molecule has 0 N–H and O–H groups in total. The quantitative estimate of drug-likeness (QED) is 0.0261. The second kappa shape index (κ2) is 61.4. The summed E-state index contributed by atoms with van der Waals surface area (Å²) in [6.07, 6.45) is 84.9. The van der Waals surface area contributed by atoms with Crippen LogP contribution in [-0.2, 0) is 28.6 Å². The van der Waals surface area contributed by atoms with Crippen molar-refractivity contribution < 1.29 is 28.6 Å². The van der Waals surface area contributed by atoms with E-state index in [2.05, 4.69) is 142 Å². The number of carbonyl (C=O) groups excluding carboxylic acids is 3. The fourth-order valence-electron chi connectivity index (χ4n) is 8.20. The first-order valence-corrected chi connectivity index (χ1v) is 30.5. The summed E-state index contributed by atoms with van der Waals surface area (Å²) in [6, 6.07) is 0. The average Bonchev–Trinajstić information content (AvgIpc) is 3.40. The summed E-state index contributed by atoms with van der Waals surface area (Å²) in [5.74, 6) is -0.991. The lowest BCUT2D eigenvalue weighted by atomic mass is 10.0. The van der Waals surface area contributed by atoms with Crippen LogP contribution in [-0.4, -0.2) is 37.2 Å². The lowest BCUT2D eigenvalue weighted by Gasteiger charge is -2.18. The van der Waals surface area contributed by atoms with E-state index in [1.54, 1.807) is 0 Å². The molecule has 0 aromatic carbocycles. The molecule has 0 amide bonds. The maximum Gasteiger partial charge on any atom is 0.306 e. The Morgan fingerprint density at radius 2 is 0.527 bits per heavy atom. The Labute approximate surface area is 456 Å². The molecule has 6 heteroatoms. The lowest BCUT2D eigenvalue weighted by Crippen LogP contribution is -2.30. The Balaban J connectivity index is 4.49. The summed E-state index contributed by atoms with van der Waals surface area (Å²) < 4.78 is 16.8. The Morgan fingerprint density at radius 1 is 0.284 bits per heavy atom. The molecule has 0 saturated carbocycles. The molecule has 0 aromatic rings. The first kappa shape index (κ1) is 69.8. The molecule has 0 aliphatic rings. The molecule has 6 nitrogen and oxygen atoms in total. The monoisotopic (exact) mass is 1020 g/mol.